The summed E-state index contributed by atoms with van der Waals surface area (Å²) in [5, 5.41) is 7.89. The molecule has 2 aromatic carbocycles. The number of nitrogens with one attached hydrogen (secondary N) is 1. The second-order valence-electron chi connectivity index (χ2n) is 5.46. The molecule has 120 valence electrons. The maximum absolute atomic E-state index is 7.89. The van der Waals surface area contributed by atoms with Crippen molar-refractivity contribution in [3.63, 3.8) is 0 Å². The molecule has 3 rings (SSSR count). The Kier molecular flexibility index (Phi) is 4.43. The summed E-state index contributed by atoms with van der Waals surface area (Å²) < 4.78 is 0. The molecule has 0 bridgehead atoms. The summed E-state index contributed by atoms with van der Waals surface area (Å²) in [5.74, 6) is 0.556. The van der Waals surface area contributed by atoms with Gasteiger partial charge in [0.05, 0.1) is 5.69 Å². The Morgan fingerprint density at radius 2 is 1.62 bits per heavy atom. The van der Waals surface area contributed by atoms with E-state index in [1.54, 1.807) is 4.90 Å². The van der Waals surface area contributed by atoms with Gasteiger partial charge < -0.3 is 11.5 Å². The van der Waals surface area contributed by atoms with Crippen LogP contribution in [0.25, 0.3) is 0 Å². The van der Waals surface area contributed by atoms with Crippen molar-refractivity contribution in [2.45, 2.75) is 6.42 Å². The fourth-order valence-corrected chi connectivity index (χ4v) is 2.51. The van der Waals surface area contributed by atoms with Gasteiger partial charge in [-0.05, 0) is 42.0 Å². The quantitative estimate of drug-likeness (QED) is 0.391. The number of aromatic nitrogens is 1. The third-order valence-electron chi connectivity index (χ3n) is 3.64. The highest BCUT2D eigenvalue weighted by molar-refractivity contribution is 5.98. The Hall–Kier alpha value is -3.34. The van der Waals surface area contributed by atoms with Crippen molar-refractivity contribution in [2.75, 3.05) is 10.6 Å². The first-order valence-corrected chi connectivity index (χ1v) is 7.63. The third kappa shape index (κ3) is 3.52. The molecule has 0 atom stereocenters. The minimum Gasteiger partial charge on any atom is -0.399 e. The van der Waals surface area contributed by atoms with Crippen LogP contribution in [0, 0.1) is 5.41 Å². The van der Waals surface area contributed by atoms with Crippen LogP contribution < -0.4 is 16.4 Å². The van der Waals surface area contributed by atoms with Crippen LogP contribution in [-0.4, -0.2) is 10.9 Å². The predicted molar refractivity (Wildman–Crippen MR) is 98.4 cm³/mol. The average Bonchev–Trinajstić information content (AvgIpc) is 2.58. The van der Waals surface area contributed by atoms with Gasteiger partial charge >= 0.3 is 0 Å². The zero-order valence-electron chi connectivity index (χ0n) is 13.2. The molecule has 24 heavy (non-hydrogen) atoms. The molecule has 0 radical (unpaired) electrons. The maximum atomic E-state index is 7.89. The molecule has 0 aliphatic carbocycles. The highest BCUT2D eigenvalue weighted by Crippen LogP contribution is 2.23. The van der Waals surface area contributed by atoms with Gasteiger partial charge in [0.1, 0.15) is 5.82 Å². The summed E-state index contributed by atoms with van der Waals surface area (Å²) >= 11 is 0. The first-order chi connectivity index (χ1) is 11.6. The van der Waals surface area contributed by atoms with Gasteiger partial charge in [-0.1, -0.05) is 36.4 Å². The number of nitrogens with zero attached hydrogens (tertiary/aromatic N) is 2. The van der Waals surface area contributed by atoms with Crippen LogP contribution in [-0.2, 0) is 6.42 Å². The smallest absolute Gasteiger partial charge is 0.198 e. The molecule has 5 heteroatoms. The van der Waals surface area contributed by atoms with Crippen molar-refractivity contribution >= 4 is 23.2 Å². The average molecular weight is 317 g/mol. The maximum Gasteiger partial charge on any atom is 0.198 e. The molecule has 0 aliphatic heterocycles. The minimum absolute atomic E-state index is 0.0710. The first-order valence-electron chi connectivity index (χ1n) is 7.63. The van der Waals surface area contributed by atoms with Crippen molar-refractivity contribution in [3.8, 4) is 0 Å². The molecule has 0 fully saturated rings. The zero-order valence-corrected chi connectivity index (χ0v) is 13.2. The standard InChI is InChI=1S/C19H19N5/c20-15-11-9-14(10-12-15)13-16-5-4-8-18(23-16)24(19(21)22)17-6-2-1-3-7-17/h1-12H,13,20H2,(H3,21,22). The Balaban J connectivity index is 1.91. The van der Waals surface area contributed by atoms with E-state index in [1.165, 1.54) is 0 Å². The fraction of sp³-hybridized carbons (Fsp3) is 0.0526. The number of guanidine groups is 1. The molecule has 1 aromatic heterocycles. The van der Waals surface area contributed by atoms with E-state index in [2.05, 4.69) is 4.98 Å². The summed E-state index contributed by atoms with van der Waals surface area (Å²) in [6.07, 6.45) is 0.689. The lowest BCUT2D eigenvalue weighted by Gasteiger charge is -2.22. The van der Waals surface area contributed by atoms with E-state index in [0.717, 1.165) is 22.6 Å². The van der Waals surface area contributed by atoms with Crippen LogP contribution in [0.4, 0.5) is 17.2 Å². The summed E-state index contributed by atoms with van der Waals surface area (Å²) in [4.78, 5) is 6.28. The van der Waals surface area contributed by atoms with E-state index in [0.29, 0.717) is 12.2 Å². The van der Waals surface area contributed by atoms with Crippen LogP contribution in [0.1, 0.15) is 11.3 Å². The molecule has 5 nitrogen and oxygen atoms in total. The van der Waals surface area contributed by atoms with Gasteiger partial charge in [0, 0.05) is 17.8 Å². The summed E-state index contributed by atoms with van der Waals surface area (Å²) in [5.41, 5.74) is 15.1. The first kappa shape index (κ1) is 15.6. The highest BCUT2D eigenvalue weighted by Gasteiger charge is 2.14. The Bertz CT molecular complexity index is 828. The van der Waals surface area contributed by atoms with Crippen molar-refractivity contribution in [3.05, 3.63) is 84.1 Å². The number of pyridine rings is 1. The van der Waals surface area contributed by atoms with Gasteiger partial charge in [0.15, 0.2) is 5.96 Å². The lowest BCUT2D eigenvalue weighted by atomic mass is 10.1. The molecule has 0 saturated heterocycles. The molecule has 3 aromatic rings. The summed E-state index contributed by atoms with van der Waals surface area (Å²) in [6.45, 7) is 0. The highest BCUT2D eigenvalue weighted by atomic mass is 15.3. The number of rotatable bonds is 4. The van der Waals surface area contributed by atoms with Crippen LogP contribution in [0.5, 0.6) is 0 Å². The summed E-state index contributed by atoms with van der Waals surface area (Å²) in [7, 11) is 0. The topological polar surface area (TPSA) is 92.0 Å². The van der Waals surface area contributed by atoms with Gasteiger partial charge in [-0.2, -0.15) is 0 Å². The number of hydrogen-bond donors (Lipinski definition) is 3. The Morgan fingerprint density at radius 1 is 0.917 bits per heavy atom. The lowest BCUT2D eigenvalue weighted by Crippen LogP contribution is -2.33. The minimum atomic E-state index is -0.0710. The van der Waals surface area contributed by atoms with E-state index in [-0.39, 0.29) is 5.96 Å². The van der Waals surface area contributed by atoms with Crippen LogP contribution in [0.3, 0.4) is 0 Å². The molecule has 0 saturated carbocycles. The number of para-hydroxylation sites is 1. The van der Waals surface area contributed by atoms with Gasteiger partial charge in [0.25, 0.3) is 0 Å². The van der Waals surface area contributed by atoms with E-state index >= 15 is 0 Å². The van der Waals surface area contributed by atoms with Gasteiger partial charge in [-0.3, -0.25) is 10.3 Å². The van der Waals surface area contributed by atoms with Crippen molar-refractivity contribution in [1.82, 2.24) is 4.98 Å². The second kappa shape index (κ2) is 6.83. The molecule has 0 aliphatic rings. The van der Waals surface area contributed by atoms with Crippen LogP contribution in [0.15, 0.2) is 72.8 Å². The van der Waals surface area contributed by atoms with Crippen LogP contribution >= 0.6 is 0 Å². The lowest BCUT2D eigenvalue weighted by molar-refractivity contribution is 1.05. The van der Waals surface area contributed by atoms with E-state index in [1.807, 2.05) is 72.8 Å². The number of benzene rings is 2. The molecule has 0 unspecified atom stereocenters. The Labute approximate surface area is 141 Å². The van der Waals surface area contributed by atoms with Gasteiger partial charge in [-0.25, -0.2) is 4.98 Å². The predicted octanol–water partition coefficient (Wildman–Crippen LogP) is 3.29. The normalized spacial score (nSPS) is 10.3. The monoisotopic (exact) mass is 317 g/mol. The van der Waals surface area contributed by atoms with Crippen molar-refractivity contribution in [1.29, 1.82) is 5.41 Å². The van der Waals surface area contributed by atoms with E-state index in [4.69, 9.17) is 16.9 Å². The molecular formula is C19H19N5. The zero-order chi connectivity index (χ0) is 16.9. The van der Waals surface area contributed by atoms with Crippen molar-refractivity contribution in [2.24, 2.45) is 5.73 Å². The number of nitrogens with two attached hydrogens (primary N) is 2. The van der Waals surface area contributed by atoms with Crippen LogP contribution in [0.2, 0.25) is 0 Å². The second-order valence-corrected chi connectivity index (χ2v) is 5.46. The molecule has 1 heterocycles. The van der Waals surface area contributed by atoms with E-state index in [9.17, 15) is 0 Å². The van der Waals surface area contributed by atoms with E-state index < -0.39 is 0 Å². The van der Waals surface area contributed by atoms with Gasteiger partial charge in [0.2, 0.25) is 0 Å². The molecule has 0 spiro atoms. The van der Waals surface area contributed by atoms with Crippen molar-refractivity contribution < 1.29 is 0 Å². The number of anilines is 3. The summed E-state index contributed by atoms with van der Waals surface area (Å²) in [6, 6.07) is 23.0. The molecule has 5 N–H and O–H groups in total. The molecular weight excluding hydrogens is 298 g/mol. The van der Waals surface area contributed by atoms with Gasteiger partial charge in [-0.15, -0.1) is 0 Å². The third-order valence-corrected chi connectivity index (χ3v) is 3.64. The molecule has 0 amide bonds. The Morgan fingerprint density at radius 3 is 2.29 bits per heavy atom. The SMILES string of the molecule is N=C(N)N(c1ccccc1)c1cccc(Cc2ccc(N)cc2)n1. The number of nitrogen functional groups attached to an aromatic ring is 1. The largest absolute Gasteiger partial charge is 0.399 e. The fourth-order valence-electron chi connectivity index (χ4n) is 2.51. The number of hydrogen-bond acceptors (Lipinski definition) is 3.